The van der Waals surface area contributed by atoms with E-state index in [4.69, 9.17) is 21.6 Å². The molecule has 2 aromatic rings. The summed E-state index contributed by atoms with van der Waals surface area (Å²) in [5, 5.41) is 11.9. The second-order valence-corrected chi connectivity index (χ2v) is 5.89. The maximum atomic E-state index is 11.9. The molecule has 0 aromatic heterocycles. The van der Waals surface area contributed by atoms with Crippen molar-refractivity contribution in [3.05, 3.63) is 57.0 Å². The Kier molecular flexibility index (Phi) is 5.42. The topological polar surface area (TPSA) is 62.1 Å². The van der Waals surface area contributed by atoms with Gasteiger partial charge in [-0.3, -0.25) is 4.79 Å². The largest absolute Gasteiger partial charge is 0.482 e. The number of nitriles is 1. The van der Waals surface area contributed by atoms with Gasteiger partial charge in [0, 0.05) is 10.2 Å². The molecule has 0 saturated heterocycles. The number of carbonyl (C=O) groups is 1. The molecule has 0 aliphatic rings. The molecule has 112 valence electrons. The van der Waals surface area contributed by atoms with Gasteiger partial charge in [0.05, 0.1) is 16.7 Å². The zero-order chi connectivity index (χ0) is 16.1. The van der Waals surface area contributed by atoms with Gasteiger partial charge in [-0.15, -0.1) is 0 Å². The van der Waals surface area contributed by atoms with Crippen molar-refractivity contribution >= 4 is 39.1 Å². The molecule has 4 nitrogen and oxygen atoms in total. The smallest absolute Gasteiger partial charge is 0.262 e. The number of amides is 1. The second kappa shape index (κ2) is 7.30. The number of anilines is 1. The van der Waals surface area contributed by atoms with Crippen LogP contribution in [-0.2, 0) is 4.79 Å². The Balaban J connectivity index is 2.00. The fraction of sp³-hybridized carbons (Fsp3) is 0.125. The van der Waals surface area contributed by atoms with Crippen LogP contribution < -0.4 is 10.1 Å². The molecule has 0 spiro atoms. The van der Waals surface area contributed by atoms with Crippen LogP contribution >= 0.6 is 27.5 Å². The Labute approximate surface area is 141 Å². The normalized spacial score (nSPS) is 9.91. The Hall–Kier alpha value is -2.03. The van der Waals surface area contributed by atoms with E-state index in [1.54, 1.807) is 30.3 Å². The predicted molar refractivity (Wildman–Crippen MR) is 89.2 cm³/mol. The van der Waals surface area contributed by atoms with Gasteiger partial charge in [0.1, 0.15) is 5.75 Å². The molecule has 6 heteroatoms. The molecule has 0 saturated carbocycles. The van der Waals surface area contributed by atoms with Crippen molar-refractivity contribution in [1.29, 1.82) is 5.26 Å². The van der Waals surface area contributed by atoms with Crippen LogP contribution in [0.5, 0.6) is 5.75 Å². The van der Waals surface area contributed by atoms with E-state index in [0.717, 1.165) is 10.0 Å². The van der Waals surface area contributed by atoms with Gasteiger partial charge >= 0.3 is 0 Å². The number of carbonyl (C=O) groups excluding carboxylic acids is 1. The third-order valence-corrected chi connectivity index (χ3v) is 3.56. The van der Waals surface area contributed by atoms with Crippen molar-refractivity contribution in [2.24, 2.45) is 0 Å². The molecule has 0 atom stereocenters. The molecule has 0 aliphatic heterocycles. The third kappa shape index (κ3) is 4.23. The molecule has 2 aromatic carbocycles. The Morgan fingerprint density at radius 2 is 2.18 bits per heavy atom. The molecule has 0 radical (unpaired) electrons. The number of halogens is 2. The van der Waals surface area contributed by atoms with Gasteiger partial charge in [-0.2, -0.15) is 5.26 Å². The molecule has 0 aliphatic carbocycles. The van der Waals surface area contributed by atoms with E-state index in [9.17, 15) is 4.79 Å². The van der Waals surface area contributed by atoms with Crippen LogP contribution in [0.2, 0.25) is 5.02 Å². The Bertz CT molecular complexity index is 733. The predicted octanol–water partition coefficient (Wildman–Crippen LogP) is 4.30. The monoisotopic (exact) mass is 378 g/mol. The summed E-state index contributed by atoms with van der Waals surface area (Å²) in [6.45, 7) is 1.68. The van der Waals surface area contributed by atoms with Crippen molar-refractivity contribution in [2.75, 3.05) is 11.9 Å². The van der Waals surface area contributed by atoms with Gasteiger partial charge in [-0.05, 0) is 42.8 Å². The first kappa shape index (κ1) is 16.3. The molecule has 2 rings (SSSR count). The molecule has 22 heavy (non-hydrogen) atoms. The molecule has 0 unspecified atom stereocenters. The standard InChI is InChI=1S/C16H12BrClN2O2/c1-10-5-12(17)7-14(18)16(10)22-9-15(21)20-13-4-2-3-11(6-13)8-19/h2-7H,9H2,1H3,(H,20,21). The third-order valence-electron chi connectivity index (χ3n) is 2.82. The van der Waals surface area contributed by atoms with Crippen molar-refractivity contribution in [3.8, 4) is 11.8 Å². The van der Waals surface area contributed by atoms with Crippen molar-refractivity contribution in [3.63, 3.8) is 0 Å². The van der Waals surface area contributed by atoms with E-state index in [-0.39, 0.29) is 12.5 Å². The average Bonchev–Trinajstić information content (AvgIpc) is 2.46. The molecule has 0 heterocycles. The van der Waals surface area contributed by atoms with Crippen LogP contribution in [0, 0.1) is 18.3 Å². The number of hydrogen-bond acceptors (Lipinski definition) is 3. The van der Waals surface area contributed by atoms with E-state index in [1.807, 2.05) is 19.1 Å². The van der Waals surface area contributed by atoms with Gasteiger partial charge in [0.2, 0.25) is 0 Å². The summed E-state index contributed by atoms with van der Waals surface area (Å²) < 4.78 is 6.33. The Morgan fingerprint density at radius 3 is 2.86 bits per heavy atom. The average molecular weight is 380 g/mol. The van der Waals surface area contributed by atoms with Gasteiger partial charge in [-0.1, -0.05) is 33.6 Å². The summed E-state index contributed by atoms with van der Waals surface area (Å²) in [5.74, 6) is 0.152. The lowest BCUT2D eigenvalue weighted by Crippen LogP contribution is -2.20. The van der Waals surface area contributed by atoms with Gasteiger partial charge in [0.15, 0.2) is 6.61 Å². The summed E-state index contributed by atoms with van der Waals surface area (Å²) in [6.07, 6.45) is 0. The van der Waals surface area contributed by atoms with E-state index in [1.165, 1.54) is 0 Å². The molecule has 0 fully saturated rings. The van der Waals surface area contributed by atoms with Crippen LogP contribution in [0.15, 0.2) is 40.9 Å². The lowest BCUT2D eigenvalue weighted by atomic mass is 10.2. The first-order valence-corrected chi connectivity index (χ1v) is 7.55. The zero-order valence-electron chi connectivity index (χ0n) is 11.7. The van der Waals surface area contributed by atoms with E-state index in [2.05, 4.69) is 21.2 Å². The summed E-state index contributed by atoms with van der Waals surface area (Å²) >= 11 is 9.43. The molecular formula is C16H12BrClN2O2. The summed E-state index contributed by atoms with van der Waals surface area (Å²) in [5.41, 5.74) is 1.86. The highest BCUT2D eigenvalue weighted by Crippen LogP contribution is 2.31. The lowest BCUT2D eigenvalue weighted by molar-refractivity contribution is -0.118. The highest BCUT2D eigenvalue weighted by atomic mass is 79.9. The maximum absolute atomic E-state index is 11.9. The number of hydrogen-bond donors (Lipinski definition) is 1. The highest BCUT2D eigenvalue weighted by molar-refractivity contribution is 9.10. The second-order valence-electron chi connectivity index (χ2n) is 4.56. The quantitative estimate of drug-likeness (QED) is 0.861. The van der Waals surface area contributed by atoms with Crippen LogP contribution in [0.3, 0.4) is 0 Å². The summed E-state index contributed by atoms with van der Waals surface area (Å²) in [4.78, 5) is 11.9. The summed E-state index contributed by atoms with van der Waals surface area (Å²) in [7, 11) is 0. The zero-order valence-corrected chi connectivity index (χ0v) is 14.0. The Morgan fingerprint density at radius 1 is 1.41 bits per heavy atom. The van der Waals surface area contributed by atoms with Crippen LogP contribution in [0.25, 0.3) is 0 Å². The number of aryl methyl sites for hydroxylation is 1. The minimum Gasteiger partial charge on any atom is -0.482 e. The number of ether oxygens (including phenoxy) is 1. The van der Waals surface area contributed by atoms with Crippen molar-refractivity contribution < 1.29 is 9.53 Å². The fourth-order valence-electron chi connectivity index (χ4n) is 1.87. The number of nitrogens with one attached hydrogen (secondary N) is 1. The number of benzene rings is 2. The van der Waals surface area contributed by atoms with Gasteiger partial charge < -0.3 is 10.1 Å². The minimum atomic E-state index is -0.325. The number of rotatable bonds is 4. The van der Waals surface area contributed by atoms with Gasteiger partial charge in [0.25, 0.3) is 5.91 Å². The van der Waals surface area contributed by atoms with Crippen LogP contribution in [0.4, 0.5) is 5.69 Å². The summed E-state index contributed by atoms with van der Waals surface area (Å²) in [6, 6.07) is 12.2. The fourth-order valence-corrected chi connectivity index (χ4v) is 2.90. The van der Waals surface area contributed by atoms with E-state index < -0.39 is 0 Å². The van der Waals surface area contributed by atoms with Crippen LogP contribution in [0.1, 0.15) is 11.1 Å². The highest BCUT2D eigenvalue weighted by Gasteiger charge is 2.10. The first-order valence-electron chi connectivity index (χ1n) is 6.38. The van der Waals surface area contributed by atoms with Crippen LogP contribution in [-0.4, -0.2) is 12.5 Å². The first-order chi connectivity index (χ1) is 10.5. The van der Waals surface area contributed by atoms with Crippen molar-refractivity contribution in [1.82, 2.24) is 0 Å². The van der Waals surface area contributed by atoms with E-state index >= 15 is 0 Å². The molecule has 0 bridgehead atoms. The molecule has 1 amide bonds. The molecular weight excluding hydrogens is 368 g/mol. The molecule has 1 N–H and O–H groups in total. The van der Waals surface area contributed by atoms with Crippen molar-refractivity contribution in [2.45, 2.75) is 6.92 Å². The maximum Gasteiger partial charge on any atom is 0.262 e. The van der Waals surface area contributed by atoms with Gasteiger partial charge in [-0.25, -0.2) is 0 Å². The SMILES string of the molecule is Cc1cc(Br)cc(Cl)c1OCC(=O)Nc1cccc(C#N)c1. The van der Waals surface area contributed by atoms with E-state index in [0.29, 0.717) is 22.0 Å². The minimum absolute atomic E-state index is 0.168. The lowest BCUT2D eigenvalue weighted by Gasteiger charge is -2.11. The number of nitrogens with zero attached hydrogens (tertiary/aromatic N) is 1.